The highest BCUT2D eigenvalue weighted by molar-refractivity contribution is 7.87. The van der Waals surface area contributed by atoms with Gasteiger partial charge in [0.1, 0.15) is 16.4 Å². The lowest BCUT2D eigenvalue weighted by Crippen LogP contribution is -2.10. The van der Waals surface area contributed by atoms with Crippen molar-refractivity contribution in [1.29, 1.82) is 0 Å². The number of rotatable bonds is 3. The van der Waals surface area contributed by atoms with Crippen molar-refractivity contribution in [3.05, 3.63) is 66.7 Å². The first kappa shape index (κ1) is 13.5. The number of hydrogen-bond acceptors (Lipinski definition) is 4. The summed E-state index contributed by atoms with van der Waals surface area (Å²) >= 11 is 0. The van der Waals surface area contributed by atoms with Crippen molar-refractivity contribution in [2.45, 2.75) is 4.90 Å². The summed E-state index contributed by atoms with van der Waals surface area (Å²) in [6, 6.07) is 18.2. The maximum Gasteiger partial charge on any atom is 0.342 e. The van der Waals surface area contributed by atoms with Crippen LogP contribution in [-0.4, -0.2) is 13.5 Å². The number of phenolic OH excluding ortho intramolecular Hbond substituents is 1. The van der Waals surface area contributed by atoms with Crippen LogP contribution in [0.5, 0.6) is 11.5 Å². The first-order valence-corrected chi connectivity index (χ1v) is 7.69. The molecule has 3 aromatic carbocycles. The van der Waals surface area contributed by atoms with Crippen molar-refractivity contribution in [3.8, 4) is 11.5 Å². The zero-order valence-electron chi connectivity index (χ0n) is 10.9. The summed E-state index contributed by atoms with van der Waals surface area (Å²) < 4.78 is 29.6. The average molecular weight is 300 g/mol. The van der Waals surface area contributed by atoms with Crippen LogP contribution in [0.4, 0.5) is 0 Å². The van der Waals surface area contributed by atoms with Crippen LogP contribution in [0.15, 0.2) is 71.6 Å². The Morgan fingerprint density at radius 2 is 1.48 bits per heavy atom. The maximum atomic E-state index is 12.3. The zero-order chi connectivity index (χ0) is 14.9. The van der Waals surface area contributed by atoms with E-state index in [2.05, 4.69) is 0 Å². The lowest BCUT2D eigenvalue weighted by molar-refractivity contribution is 0.450. The summed E-state index contributed by atoms with van der Waals surface area (Å²) in [5.41, 5.74) is 0. The second-order valence-corrected chi connectivity index (χ2v) is 6.00. The Morgan fingerprint density at radius 3 is 2.24 bits per heavy atom. The van der Waals surface area contributed by atoms with Gasteiger partial charge in [-0.05, 0) is 23.6 Å². The molecule has 0 unspecified atom stereocenters. The largest absolute Gasteiger partial charge is 0.506 e. The molecule has 3 rings (SSSR count). The second-order valence-electron chi connectivity index (χ2n) is 4.48. The fraction of sp³-hybridized carbons (Fsp3) is 0. The Balaban J connectivity index is 2.09. The Kier molecular flexibility index (Phi) is 3.27. The van der Waals surface area contributed by atoms with E-state index in [0.717, 1.165) is 5.39 Å². The van der Waals surface area contributed by atoms with Gasteiger partial charge in [-0.3, -0.25) is 0 Å². The standard InChI is InChI=1S/C16H12O4S/c17-16-14-9-5-4-6-12(14)10-11-15(16)21(18,19)20-13-7-2-1-3-8-13/h1-11,17H. The van der Waals surface area contributed by atoms with E-state index in [1.165, 1.54) is 18.2 Å². The minimum atomic E-state index is -4.09. The molecule has 0 saturated heterocycles. The maximum absolute atomic E-state index is 12.3. The molecular formula is C16H12O4S. The molecule has 0 saturated carbocycles. The number of para-hydroxylation sites is 1. The normalized spacial score (nSPS) is 11.4. The van der Waals surface area contributed by atoms with Gasteiger partial charge in [-0.1, -0.05) is 48.5 Å². The average Bonchev–Trinajstić information content (AvgIpc) is 2.48. The third-order valence-electron chi connectivity index (χ3n) is 3.08. The van der Waals surface area contributed by atoms with Crippen molar-refractivity contribution in [1.82, 2.24) is 0 Å². The summed E-state index contributed by atoms with van der Waals surface area (Å²) in [7, 11) is -4.09. The highest BCUT2D eigenvalue weighted by Gasteiger charge is 2.22. The molecule has 0 amide bonds. The molecule has 3 aromatic rings. The first-order chi connectivity index (χ1) is 10.1. The molecule has 0 spiro atoms. The van der Waals surface area contributed by atoms with Gasteiger partial charge in [0, 0.05) is 5.39 Å². The van der Waals surface area contributed by atoms with Gasteiger partial charge in [-0.2, -0.15) is 8.42 Å². The van der Waals surface area contributed by atoms with E-state index in [9.17, 15) is 13.5 Å². The van der Waals surface area contributed by atoms with E-state index in [0.29, 0.717) is 5.39 Å². The number of benzene rings is 3. The highest BCUT2D eigenvalue weighted by atomic mass is 32.2. The molecule has 0 atom stereocenters. The summed E-state index contributed by atoms with van der Waals surface area (Å²) in [5, 5.41) is 11.4. The van der Waals surface area contributed by atoms with Crippen LogP contribution >= 0.6 is 0 Å². The van der Waals surface area contributed by atoms with E-state index in [1.807, 2.05) is 6.07 Å². The summed E-state index contributed by atoms with van der Waals surface area (Å²) in [6.07, 6.45) is 0. The Bertz CT molecular complexity index is 887. The molecule has 0 aliphatic carbocycles. The van der Waals surface area contributed by atoms with Crippen LogP contribution in [0.3, 0.4) is 0 Å². The van der Waals surface area contributed by atoms with Gasteiger partial charge in [-0.15, -0.1) is 0 Å². The number of fused-ring (bicyclic) bond motifs is 1. The number of phenols is 1. The van der Waals surface area contributed by atoms with Crippen LogP contribution < -0.4 is 4.18 Å². The molecule has 0 heterocycles. The van der Waals surface area contributed by atoms with Crippen molar-refractivity contribution in [2.24, 2.45) is 0 Å². The quantitative estimate of drug-likeness (QED) is 0.754. The topological polar surface area (TPSA) is 63.6 Å². The molecule has 0 aliphatic rings. The fourth-order valence-corrected chi connectivity index (χ4v) is 3.12. The minimum absolute atomic E-state index is 0.199. The molecule has 0 bridgehead atoms. The van der Waals surface area contributed by atoms with Crippen LogP contribution in [0.2, 0.25) is 0 Å². The summed E-state index contributed by atoms with van der Waals surface area (Å²) in [4.78, 5) is -0.245. The lowest BCUT2D eigenvalue weighted by atomic mass is 10.1. The zero-order valence-corrected chi connectivity index (χ0v) is 11.7. The van der Waals surface area contributed by atoms with Gasteiger partial charge in [0.05, 0.1) is 0 Å². The summed E-state index contributed by atoms with van der Waals surface area (Å²) in [5.74, 6) is -0.103. The molecule has 0 fully saturated rings. The highest BCUT2D eigenvalue weighted by Crippen LogP contribution is 2.33. The molecule has 1 N–H and O–H groups in total. The fourth-order valence-electron chi connectivity index (χ4n) is 2.08. The molecule has 0 radical (unpaired) electrons. The van der Waals surface area contributed by atoms with E-state index in [1.54, 1.807) is 42.5 Å². The van der Waals surface area contributed by atoms with Gasteiger partial charge < -0.3 is 9.29 Å². The Hall–Kier alpha value is -2.53. The van der Waals surface area contributed by atoms with Crippen LogP contribution in [-0.2, 0) is 10.1 Å². The van der Waals surface area contributed by atoms with Crippen molar-refractivity contribution in [3.63, 3.8) is 0 Å². The van der Waals surface area contributed by atoms with E-state index >= 15 is 0 Å². The molecule has 0 aromatic heterocycles. The van der Waals surface area contributed by atoms with Gasteiger partial charge in [-0.25, -0.2) is 0 Å². The minimum Gasteiger partial charge on any atom is -0.506 e. The molecule has 5 heteroatoms. The van der Waals surface area contributed by atoms with E-state index in [4.69, 9.17) is 4.18 Å². The second kappa shape index (κ2) is 5.10. The van der Waals surface area contributed by atoms with Gasteiger partial charge in [0.2, 0.25) is 0 Å². The van der Waals surface area contributed by atoms with Gasteiger partial charge in [0.15, 0.2) is 0 Å². The van der Waals surface area contributed by atoms with E-state index < -0.39 is 10.1 Å². The van der Waals surface area contributed by atoms with E-state index in [-0.39, 0.29) is 16.4 Å². The molecule has 21 heavy (non-hydrogen) atoms. The van der Waals surface area contributed by atoms with Crippen molar-refractivity contribution < 1.29 is 17.7 Å². The lowest BCUT2D eigenvalue weighted by Gasteiger charge is -2.10. The third-order valence-corrected chi connectivity index (χ3v) is 4.36. The monoisotopic (exact) mass is 300 g/mol. The smallest absolute Gasteiger partial charge is 0.342 e. The SMILES string of the molecule is O=S(=O)(Oc1ccccc1)c1ccc2ccccc2c1O. The predicted octanol–water partition coefficient (Wildman–Crippen LogP) is 3.31. The number of aromatic hydroxyl groups is 1. The van der Waals surface area contributed by atoms with Crippen molar-refractivity contribution in [2.75, 3.05) is 0 Å². The van der Waals surface area contributed by atoms with Gasteiger partial charge in [0.25, 0.3) is 0 Å². The number of hydrogen-bond donors (Lipinski definition) is 1. The summed E-state index contributed by atoms with van der Waals surface area (Å²) in [6.45, 7) is 0. The van der Waals surface area contributed by atoms with Crippen LogP contribution in [0, 0.1) is 0 Å². The van der Waals surface area contributed by atoms with Crippen LogP contribution in [0.25, 0.3) is 10.8 Å². The van der Waals surface area contributed by atoms with Gasteiger partial charge >= 0.3 is 10.1 Å². The van der Waals surface area contributed by atoms with Crippen LogP contribution in [0.1, 0.15) is 0 Å². The molecular weight excluding hydrogens is 288 g/mol. The molecule has 4 nitrogen and oxygen atoms in total. The molecule has 106 valence electrons. The predicted molar refractivity (Wildman–Crippen MR) is 79.9 cm³/mol. The third kappa shape index (κ3) is 2.55. The Labute approximate surface area is 122 Å². The molecule has 0 aliphatic heterocycles. The Morgan fingerprint density at radius 1 is 0.810 bits per heavy atom. The van der Waals surface area contributed by atoms with Crippen molar-refractivity contribution >= 4 is 20.9 Å². The first-order valence-electron chi connectivity index (χ1n) is 6.28.